The zero-order valence-electron chi connectivity index (χ0n) is 18.0. The van der Waals surface area contributed by atoms with Crippen molar-refractivity contribution in [3.63, 3.8) is 0 Å². The van der Waals surface area contributed by atoms with E-state index in [1.165, 1.54) is 18.4 Å². The number of anilines is 1. The van der Waals surface area contributed by atoms with Crippen LogP contribution in [0, 0.1) is 13.8 Å². The number of esters is 1. The predicted octanol–water partition coefficient (Wildman–Crippen LogP) is 3.07. The first kappa shape index (κ1) is 21.0. The number of thiophene rings is 1. The predicted molar refractivity (Wildman–Crippen MR) is 119 cm³/mol. The second-order valence-corrected chi connectivity index (χ2v) is 8.33. The van der Waals surface area contributed by atoms with E-state index in [0.717, 1.165) is 21.6 Å². The van der Waals surface area contributed by atoms with E-state index >= 15 is 0 Å². The molecule has 0 spiro atoms. The minimum Gasteiger partial charge on any atom is -0.497 e. The summed E-state index contributed by atoms with van der Waals surface area (Å²) >= 11 is 1.33. The molecule has 31 heavy (non-hydrogen) atoms. The van der Waals surface area contributed by atoms with Crippen LogP contribution in [0.25, 0.3) is 10.2 Å². The lowest BCUT2D eigenvalue weighted by Crippen LogP contribution is -2.49. The van der Waals surface area contributed by atoms with Gasteiger partial charge in [-0.15, -0.1) is 11.3 Å². The van der Waals surface area contributed by atoms with Gasteiger partial charge in [0.1, 0.15) is 27.1 Å². The Kier molecular flexibility index (Phi) is 5.77. The molecule has 1 aliphatic rings. The Balaban J connectivity index is 1.58. The van der Waals surface area contributed by atoms with Crippen molar-refractivity contribution in [2.24, 2.45) is 0 Å². The third kappa shape index (κ3) is 3.93. The summed E-state index contributed by atoms with van der Waals surface area (Å²) in [4.78, 5) is 39.6. The van der Waals surface area contributed by atoms with Crippen LogP contribution < -0.4 is 9.64 Å². The van der Waals surface area contributed by atoms with Crippen LogP contribution in [-0.4, -0.2) is 67.1 Å². The molecule has 0 aliphatic carbocycles. The van der Waals surface area contributed by atoms with Crippen molar-refractivity contribution in [2.75, 3.05) is 45.3 Å². The van der Waals surface area contributed by atoms with Gasteiger partial charge in [-0.05, 0) is 37.6 Å². The van der Waals surface area contributed by atoms with Gasteiger partial charge in [-0.25, -0.2) is 14.8 Å². The molecule has 0 unspecified atom stereocenters. The maximum Gasteiger partial charge on any atom is 0.348 e. The highest BCUT2D eigenvalue weighted by Gasteiger charge is 2.27. The molecule has 3 heterocycles. The van der Waals surface area contributed by atoms with Crippen LogP contribution in [0.2, 0.25) is 0 Å². The lowest BCUT2D eigenvalue weighted by atomic mass is 10.1. The van der Waals surface area contributed by atoms with Gasteiger partial charge in [-0.3, -0.25) is 4.79 Å². The Morgan fingerprint density at radius 3 is 2.48 bits per heavy atom. The molecule has 8 nitrogen and oxygen atoms in total. The Bertz CT molecular complexity index is 1150. The number of hydrogen-bond acceptors (Lipinski definition) is 8. The van der Waals surface area contributed by atoms with E-state index in [1.807, 2.05) is 30.9 Å². The number of carbonyl (C=O) groups is 2. The molecule has 1 aliphatic heterocycles. The number of hydrogen-bond donors (Lipinski definition) is 0. The first-order valence-corrected chi connectivity index (χ1v) is 10.8. The molecule has 162 valence electrons. The van der Waals surface area contributed by atoms with Crippen LogP contribution in [0.3, 0.4) is 0 Å². The summed E-state index contributed by atoms with van der Waals surface area (Å²) in [6, 6.07) is 7.21. The van der Waals surface area contributed by atoms with Crippen LogP contribution in [0.5, 0.6) is 5.75 Å². The van der Waals surface area contributed by atoms with E-state index in [-0.39, 0.29) is 11.9 Å². The molecule has 0 saturated carbocycles. The van der Waals surface area contributed by atoms with Gasteiger partial charge in [0, 0.05) is 31.7 Å². The smallest absolute Gasteiger partial charge is 0.348 e. The minimum absolute atomic E-state index is 0.0118. The summed E-state index contributed by atoms with van der Waals surface area (Å²) in [5, 5.41) is 0.878. The Labute approximate surface area is 184 Å². The highest BCUT2D eigenvalue weighted by Crippen LogP contribution is 2.36. The topological polar surface area (TPSA) is 84.9 Å². The van der Waals surface area contributed by atoms with Gasteiger partial charge >= 0.3 is 5.97 Å². The van der Waals surface area contributed by atoms with Gasteiger partial charge in [0.15, 0.2) is 0 Å². The number of nitrogens with zero attached hydrogens (tertiary/aromatic N) is 4. The average Bonchev–Trinajstić information content (AvgIpc) is 3.13. The van der Waals surface area contributed by atoms with Gasteiger partial charge in [-0.2, -0.15) is 0 Å². The molecule has 3 aromatic rings. The molecule has 2 aromatic heterocycles. The zero-order valence-corrected chi connectivity index (χ0v) is 18.8. The summed E-state index contributed by atoms with van der Waals surface area (Å²) in [6.07, 6.45) is 0. The summed E-state index contributed by atoms with van der Waals surface area (Å²) in [6.45, 7) is 6.18. The molecule has 1 fully saturated rings. The maximum absolute atomic E-state index is 12.9. The number of carbonyl (C=O) groups excluding carboxylic acids is 2. The van der Waals surface area contributed by atoms with Crippen molar-refractivity contribution in [2.45, 2.75) is 13.8 Å². The standard InChI is InChI=1S/C22H24N4O4S/c1-13-17-19(23-14(2)24-20(17)31-18(13)22(28)30-4)25-8-10-26(11-9-25)21(27)15-6-5-7-16(12-15)29-3/h5-7,12H,8-11H2,1-4H3. The van der Waals surface area contributed by atoms with Gasteiger partial charge < -0.3 is 19.3 Å². The lowest BCUT2D eigenvalue weighted by molar-refractivity contribution is 0.0605. The van der Waals surface area contributed by atoms with Crippen LogP contribution in [0.1, 0.15) is 31.4 Å². The number of methoxy groups -OCH3 is 2. The molecule has 1 amide bonds. The van der Waals surface area contributed by atoms with Gasteiger partial charge in [0.05, 0.1) is 19.6 Å². The zero-order chi connectivity index (χ0) is 22.1. The number of rotatable bonds is 4. The molecule has 0 radical (unpaired) electrons. The van der Waals surface area contributed by atoms with Crippen LogP contribution in [0.15, 0.2) is 24.3 Å². The van der Waals surface area contributed by atoms with Crippen LogP contribution in [0.4, 0.5) is 5.82 Å². The van der Waals surface area contributed by atoms with Crippen molar-refractivity contribution in [3.05, 3.63) is 46.1 Å². The van der Waals surface area contributed by atoms with E-state index < -0.39 is 0 Å². The number of aromatic nitrogens is 2. The highest BCUT2D eigenvalue weighted by molar-refractivity contribution is 7.20. The van der Waals surface area contributed by atoms with Crippen molar-refractivity contribution in [1.29, 1.82) is 0 Å². The van der Waals surface area contributed by atoms with E-state index in [4.69, 9.17) is 9.47 Å². The van der Waals surface area contributed by atoms with E-state index in [1.54, 1.807) is 19.2 Å². The fourth-order valence-electron chi connectivity index (χ4n) is 3.80. The Hall–Kier alpha value is -3.20. The molecule has 0 bridgehead atoms. The number of piperazine rings is 1. The van der Waals surface area contributed by atoms with E-state index in [2.05, 4.69) is 14.9 Å². The van der Waals surface area contributed by atoms with Crippen molar-refractivity contribution in [3.8, 4) is 5.75 Å². The van der Waals surface area contributed by atoms with Crippen molar-refractivity contribution >= 4 is 39.2 Å². The number of benzene rings is 1. The fourth-order valence-corrected chi connectivity index (χ4v) is 4.94. The number of ether oxygens (including phenoxy) is 2. The number of fused-ring (bicyclic) bond motifs is 1. The first-order valence-electron chi connectivity index (χ1n) is 9.97. The van der Waals surface area contributed by atoms with Crippen molar-refractivity contribution in [1.82, 2.24) is 14.9 Å². The van der Waals surface area contributed by atoms with Gasteiger partial charge in [0.2, 0.25) is 0 Å². The van der Waals surface area contributed by atoms with Crippen LogP contribution >= 0.6 is 11.3 Å². The Morgan fingerprint density at radius 1 is 1.06 bits per heavy atom. The second kappa shape index (κ2) is 8.50. The molecular formula is C22H24N4O4S. The number of aryl methyl sites for hydroxylation is 2. The summed E-state index contributed by atoms with van der Waals surface area (Å²) in [7, 11) is 2.97. The SMILES string of the molecule is COC(=O)c1sc2nc(C)nc(N3CCN(C(=O)c4cccc(OC)c4)CC3)c2c1C. The average molecular weight is 441 g/mol. The van der Waals surface area contributed by atoms with Gasteiger partial charge in [0.25, 0.3) is 5.91 Å². The van der Waals surface area contributed by atoms with E-state index in [9.17, 15) is 9.59 Å². The quantitative estimate of drug-likeness (QED) is 0.577. The third-order valence-corrected chi connectivity index (χ3v) is 6.60. The maximum atomic E-state index is 12.9. The largest absolute Gasteiger partial charge is 0.497 e. The second-order valence-electron chi connectivity index (χ2n) is 7.33. The molecule has 4 rings (SSSR count). The molecular weight excluding hydrogens is 416 g/mol. The van der Waals surface area contributed by atoms with Crippen molar-refractivity contribution < 1.29 is 19.1 Å². The minimum atomic E-state index is -0.363. The molecule has 9 heteroatoms. The van der Waals surface area contributed by atoms with Crippen LogP contribution in [-0.2, 0) is 4.74 Å². The lowest BCUT2D eigenvalue weighted by Gasteiger charge is -2.36. The summed E-state index contributed by atoms with van der Waals surface area (Å²) in [5.74, 6) is 1.74. The number of amides is 1. The summed E-state index contributed by atoms with van der Waals surface area (Å²) in [5.41, 5.74) is 1.45. The highest BCUT2D eigenvalue weighted by atomic mass is 32.1. The molecule has 0 atom stereocenters. The fraction of sp³-hybridized carbons (Fsp3) is 0.364. The third-order valence-electron chi connectivity index (χ3n) is 5.44. The molecule has 1 aromatic carbocycles. The monoisotopic (exact) mass is 440 g/mol. The van der Waals surface area contributed by atoms with E-state index in [0.29, 0.717) is 48.2 Å². The van der Waals surface area contributed by atoms with Gasteiger partial charge in [-0.1, -0.05) is 6.07 Å². The molecule has 0 N–H and O–H groups in total. The first-order chi connectivity index (χ1) is 14.9. The normalized spacial score (nSPS) is 14.1. The summed E-state index contributed by atoms with van der Waals surface area (Å²) < 4.78 is 10.2. The Morgan fingerprint density at radius 2 is 1.81 bits per heavy atom. The molecule has 1 saturated heterocycles.